The number of nitrogens with one attached hydrogen (secondary N) is 1. The lowest BCUT2D eigenvalue weighted by molar-refractivity contribution is -0.297. The van der Waals surface area contributed by atoms with Gasteiger partial charge in [-0.1, -0.05) is 50.6 Å². The second-order valence-corrected chi connectivity index (χ2v) is 7.23. The summed E-state index contributed by atoms with van der Waals surface area (Å²) in [6, 6.07) is 11.7. The topological polar surface area (TPSA) is 90.9 Å². The van der Waals surface area contributed by atoms with Crippen LogP contribution in [0.25, 0.3) is 16.8 Å². The number of aliphatic carboxylic acids is 1. The van der Waals surface area contributed by atoms with E-state index in [1.54, 1.807) is 6.08 Å². The molecule has 2 aromatic carbocycles. The van der Waals surface area contributed by atoms with Gasteiger partial charge in [0.2, 0.25) is 5.16 Å². The second kappa shape index (κ2) is 9.41. The molecule has 0 saturated heterocycles. The molecule has 1 heterocycles. The quantitative estimate of drug-likeness (QED) is 0.338. The summed E-state index contributed by atoms with van der Waals surface area (Å²) in [5.41, 5.74) is 0.715. The van der Waals surface area contributed by atoms with Crippen molar-refractivity contribution in [1.82, 2.24) is 15.2 Å². The van der Waals surface area contributed by atoms with E-state index in [0.717, 1.165) is 35.4 Å². The van der Waals surface area contributed by atoms with E-state index in [4.69, 9.17) is 4.74 Å². The van der Waals surface area contributed by atoms with E-state index in [1.807, 2.05) is 43.3 Å². The summed E-state index contributed by atoms with van der Waals surface area (Å²) in [6.45, 7) is 4.61. The van der Waals surface area contributed by atoms with Crippen molar-refractivity contribution in [3.05, 3.63) is 52.7 Å². The van der Waals surface area contributed by atoms with Crippen molar-refractivity contribution in [2.24, 2.45) is 0 Å². The molecule has 3 aromatic rings. The Morgan fingerprint density at radius 1 is 1.25 bits per heavy atom. The summed E-state index contributed by atoms with van der Waals surface area (Å²) < 4.78 is 5.93. The van der Waals surface area contributed by atoms with Crippen LogP contribution in [0.5, 0.6) is 5.75 Å². The number of carbonyl (C=O) groups excluding carboxylic acids is 1. The van der Waals surface area contributed by atoms with Crippen molar-refractivity contribution in [1.29, 1.82) is 0 Å². The van der Waals surface area contributed by atoms with Crippen molar-refractivity contribution in [3.63, 3.8) is 0 Å². The Balaban J connectivity index is 2.03. The molecular weight excluding hydrogens is 374 g/mol. The van der Waals surface area contributed by atoms with E-state index < -0.39 is 5.97 Å². The number of unbranched alkanes of at least 4 members (excludes halogenated alkanes) is 1. The van der Waals surface area contributed by atoms with Gasteiger partial charge in [-0.25, -0.2) is 4.98 Å². The Morgan fingerprint density at radius 3 is 2.79 bits per heavy atom. The molecule has 0 unspecified atom stereocenters. The normalized spacial score (nSPS) is 11.7. The predicted octanol–water partition coefficient (Wildman–Crippen LogP) is 3.58. The summed E-state index contributed by atoms with van der Waals surface area (Å²) in [7, 11) is 0. The molecule has 6 nitrogen and oxygen atoms in total. The van der Waals surface area contributed by atoms with Gasteiger partial charge >= 0.3 is 0 Å². The van der Waals surface area contributed by atoms with Gasteiger partial charge in [-0.15, -0.1) is 5.10 Å². The number of fused-ring (bicyclic) bond motifs is 1. The molecule has 0 spiro atoms. The maximum absolute atomic E-state index is 11.8. The molecular formula is C21H22N3O3S-. The lowest BCUT2D eigenvalue weighted by Gasteiger charge is -2.14. The molecule has 0 amide bonds. The summed E-state index contributed by atoms with van der Waals surface area (Å²) in [6.07, 6.45) is 4.22. The zero-order valence-corrected chi connectivity index (χ0v) is 16.7. The van der Waals surface area contributed by atoms with Gasteiger partial charge in [0.1, 0.15) is 11.6 Å². The third kappa shape index (κ3) is 4.72. The number of rotatable bonds is 9. The number of H-pyrrole nitrogens is 1. The number of hydrogen-bond donors (Lipinski definition) is 1. The van der Waals surface area contributed by atoms with Crippen molar-refractivity contribution < 1.29 is 14.6 Å². The number of ether oxygens (including phenoxy) is 1. The van der Waals surface area contributed by atoms with Crippen LogP contribution in [0.3, 0.4) is 0 Å². The molecule has 146 valence electrons. The van der Waals surface area contributed by atoms with Crippen molar-refractivity contribution >= 4 is 34.6 Å². The largest absolute Gasteiger partial charge is 0.544 e. The maximum atomic E-state index is 11.8. The third-order valence-corrected chi connectivity index (χ3v) is 5.08. The number of aromatic amines is 1. The van der Waals surface area contributed by atoms with Crippen molar-refractivity contribution in [2.45, 2.75) is 38.3 Å². The van der Waals surface area contributed by atoms with E-state index in [-0.39, 0.29) is 4.91 Å². The van der Waals surface area contributed by atoms with E-state index in [0.29, 0.717) is 35.3 Å². The minimum Gasteiger partial charge on any atom is -0.544 e. The Bertz CT molecular complexity index is 997. The van der Waals surface area contributed by atoms with Crippen LogP contribution in [0.4, 0.5) is 0 Å². The summed E-state index contributed by atoms with van der Waals surface area (Å²) >= 11 is 0.964. The first kappa shape index (κ1) is 19.9. The summed E-state index contributed by atoms with van der Waals surface area (Å²) in [4.78, 5) is 16.1. The Labute approximate surface area is 168 Å². The summed E-state index contributed by atoms with van der Waals surface area (Å²) in [5.74, 6) is 0.0740. The second-order valence-electron chi connectivity index (χ2n) is 6.22. The third-order valence-electron chi connectivity index (χ3n) is 4.21. The number of aromatic nitrogens is 3. The molecule has 28 heavy (non-hydrogen) atoms. The van der Waals surface area contributed by atoms with Gasteiger partial charge < -0.3 is 14.6 Å². The average molecular weight is 396 g/mol. The number of benzene rings is 2. The molecule has 0 aliphatic carbocycles. The van der Waals surface area contributed by atoms with Crippen LogP contribution >= 0.6 is 11.8 Å². The van der Waals surface area contributed by atoms with Crippen LogP contribution in [-0.4, -0.2) is 27.8 Å². The first-order valence-electron chi connectivity index (χ1n) is 9.29. The first-order chi connectivity index (χ1) is 13.6. The Morgan fingerprint density at radius 2 is 2.07 bits per heavy atom. The SMILES string of the molecule is CCCCOc1ccc2ccccc2c1/C=C(\Sc1n[nH]c(CC)n1)C(=O)[O-]. The fraction of sp³-hybridized carbons (Fsp3) is 0.286. The number of aryl methyl sites for hydroxylation is 1. The Kier molecular flexibility index (Phi) is 6.71. The Hall–Kier alpha value is -2.80. The van der Waals surface area contributed by atoms with Crippen LogP contribution < -0.4 is 9.84 Å². The zero-order valence-electron chi connectivity index (χ0n) is 15.9. The molecule has 0 atom stereocenters. The molecule has 1 N–H and O–H groups in total. The number of carboxylic acids is 1. The molecule has 0 fully saturated rings. The minimum atomic E-state index is -1.28. The molecule has 0 radical (unpaired) electrons. The first-order valence-corrected chi connectivity index (χ1v) is 10.1. The molecule has 0 saturated carbocycles. The maximum Gasteiger partial charge on any atom is 0.213 e. The number of thioether (sulfide) groups is 1. The zero-order chi connectivity index (χ0) is 19.9. The van der Waals surface area contributed by atoms with Crippen LogP contribution in [0, 0.1) is 0 Å². The van der Waals surface area contributed by atoms with Gasteiger partial charge in [0.25, 0.3) is 0 Å². The standard InChI is InChI=1S/C21H23N3O3S/c1-3-5-12-27-17-11-10-14-8-6-7-9-15(14)16(17)13-18(20(25)26)28-21-22-19(4-2)23-24-21/h6-11,13H,3-5,12H2,1-2H3,(H,25,26)(H,22,23,24)/p-1/b18-13-. The minimum absolute atomic E-state index is 0.0262. The number of carboxylic acid groups (broad SMARTS) is 1. The fourth-order valence-corrected chi connectivity index (χ4v) is 3.42. The highest BCUT2D eigenvalue weighted by Gasteiger charge is 2.12. The van der Waals surface area contributed by atoms with Gasteiger partial charge in [-0.2, -0.15) is 0 Å². The van der Waals surface area contributed by atoms with Gasteiger partial charge in [0.05, 0.1) is 12.6 Å². The summed E-state index contributed by atoms with van der Waals surface area (Å²) in [5, 5.41) is 20.9. The molecule has 0 bridgehead atoms. The van der Waals surface area contributed by atoms with Crippen LogP contribution in [0.2, 0.25) is 0 Å². The predicted molar refractivity (Wildman–Crippen MR) is 109 cm³/mol. The molecule has 3 rings (SSSR count). The van der Waals surface area contributed by atoms with Crippen LogP contribution in [0.1, 0.15) is 38.1 Å². The molecule has 1 aromatic heterocycles. The lowest BCUT2D eigenvalue weighted by atomic mass is 10.0. The van der Waals surface area contributed by atoms with Gasteiger partial charge in [0.15, 0.2) is 0 Å². The fourth-order valence-electron chi connectivity index (χ4n) is 2.72. The van der Waals surface area contributed by atoms with E-state index in [2.05, 4.69) is 22.1 Å². The van der Waals surface area contributed by atoms with Gasteiger partial charge in [-0.05, 0) is 41.1 Å². The molecule has 7 heteroatoms. The number of nitrogens with zero attached hydrogens (tertiary/aromatic N) is 2. The van der Waals surface area contributed by atoms with Crippen LogP contribution in [0.15, 0.2) is 46.5 Å². The highest BCUT2D eigenvalue weighted by Crippen LogP contribution is 2.33. The van der Waals surface area contributed by atoms with E-state index in [1.165, 1.54) is 0 Å². The highest BCUT2D eigenvalue weighted by molar-refractivity contribution is 8.04. The van der Waals surface area contributed by atoms with E-state index in [9.17, 15) is 9.90 Å². The highest BCUT2D eigenvalue weighted by atomic mass is 32.2. The lowest BCUT2D eigenvalue weighted by Crippen LogP contribution is -2.23. The smallest absolute Gasteiger partial charge is 0.213 e. The molecule has 0 aliphatic heterocycles. The van der Waals surface area contributed by atoms with E-state index >= 15 is 0 Å². The monoisotopic (exact) mass is 396 g/mol. The molecule has 0 aliphatic rings. The van der Waals surface area contributed by atoms with Gasteiger partial charge in [0, 0.05) is 16.9 Å². The number of carbonyl (C=O) groups is 1. The number of hydrogen-bond acceptors (Lipinski definition) is 6. The van der Waals surface area contributed by atoms with Crippen LogP contribution in [-0.2, 0) is 11.2 Å². The average Bonchev–Trinajstić information content (AvgIpc) is 3.16. The van der Waals surface area contributed by atoms with Gasteiger partial charge in [-0.3, -0.25) is 5.10 Å². The van der Waals surface area contributed by atoms with Crippen molar-refractivity contribution in [3.8, 4) is 5.75 Å². The van der Waals surface area contributed by atoms with Crippen molar-refractivity contribution in [2.75, 3.05) is 6.61 Å².